The minimum atomic E-state index is 1.03. The van der Waals surface area contributed by atoms with Crippen LogP contribution >= 0.6 is 0 Å². The average molecular weight is 166 g/mol. The topological polar surface area (TPSA) is 0 Å². The molecule has 0 radical (unpaired) electrons. The normalized spacial score (nSPS) is 48.5. The minimum absolute atomic E-state index is 1.03. The summed E-state index contributed by atoms with van der Waals surface area (Å²) in [7, 11) is 0. The van der Waals surface area contributed by atoms with Crippen molar-refractivity contribution in [3.63, 3.8) is 0 Å². The van der Waals surface area contributed by atoms with Crippen LogP contribution in [0.4, 0.5) is 0 Å². The highest BCUT2D eigenvalue weighted by Gasteiger charge is 2.36. The van der Waals surface area contributed by atoms with Crippen molar-refractivity contribution in [2.45, 2.75) is 52.4 Å². The number of fused-ring (bicyclic) bond motifs is 1. The summed E-state index contributed by atoms with van der Waals surface area (Å²) in [5.41, 5.74) is 0. The van der Waals surface area contributed by atoms with E-state index in [0.717, 1.165) is 23.7 Å². The van der Waals surface area contributed by atoms with E-state index in [2.05, 4.69) is 13.8 Å². The molecule has 0 amide bonds. The molecule has 2 fully saturated rings. The molecule has 70 valence electrons. The maximum atomic E-state index is 2.48. The first-order valence-corrected chi connectivity index (χ1v) is 5.79. The van der Waals surface area contributed by atoms with Gasteiger partial charge in [-0.15, -0.1) is 0 Å². The predicted octanol–water partition coefficient (Wildman–Crippen LogP) is 3.86. The highest BCUT2D eigenvalue weighted by molar-refractivity contribution is 4.86. The summed E-state index contributed by atoms with van der Waals surface area (Å²) in [6.45, 7) is 4.96. The van der Waals surface area contributed by atoms with Gasteiger partial charge in [0, 0.05) is 0 Å². The smallest absolute Gasteiger partial charge is 0.0358 e. The molecule has 0 spiro atoms. The highest BCUT2D eigenvalue weighted by atomic mass is 14.4. The van der Waals surface area contributed by atoms with Crippen LogP contribution in [0.15, 0.2) is 0 Å². The molecule has 0 saturated heterocycles. The van der Waals surface area contributed by atoms with Gasteiger partial charge < -0.3 is 0 Å². The van der Waals surface area contributed by atoms with E-state index in [1.165, 1.54) is 38.5 Å². The van der Waals surface area contributed by atoms with Crippen LogP contribution in [0.3, 0.4) is 0 Å². The van der Waals surface area contributed by atoms with Crippen LogP contribution in [-0.4, -0.2) is 0 Å². The second-order valence-electron chi connectivity index (χ2n) is 5.14. The second-order valence-corrected chi connectivity index (χ2v) is 5.14. The van der Waals surface area contributed by atoms with Gasteiger partial charge in [0.25, 0.3) is 0 Å². The van der Waals surface area contributed by atoms with E-state index >= 15 is 0 Å². The lowest BCUT2D eigenvalue weighted by atomic mass is 9.62. The van der Waals surface area contributed by atoms with Crippen LogP contribution in [0.25, 0.3) is 0 Å². The molecule has 0 aromatic heterocycles. The lowest BCUT2D eigenvalue weighted by Gasteiger charge is -2.43. The lowest BCUT2D eigenvalue weighted by Crippen LogP contribution is -2.34. The van der Waals surface area contributed by atoms with Crippen LogP contribution in [0.2, 0.25) is 0 Å². The SMILES string of the molecule is C[C@@H]1CC[C@H](C)[C@H]2CCCC[C@@H]21. The van der Waals surface area contributed by atoms with Gasteiger partial charge in [0.1, 0.15) is 0 Å². The zero-order chi connectivity index (χ0) is 8.55. The summed E-state index contributed by atoms with van der Waals surface area (Å²) in [6.07, 6.45) is 9.10. The molecule has 4 atom stereocenters. The summed E-state index contributed by atoms with van der Waals surface area (Å²) < 4.78 is 0. The molecule has 0 aromatic rings. The summed E-state index contributed by atoms with van der Waals surface area (Å²) >= 11 is 0. The van der Waals surface area contributed by atoms with Crippen molar-refractivity contribution >= 4 is 0 Å². The van der Waals surface area contributed by atoms with Gasteiger partial charge >= 0.3 is 0 Å². The van der Waals surface area contributed by atoms with Crippen molar-refractivity contribution in [2.75, 3.05) is 0 Å². The summed E-state index contributed by atoms with van der Waals surface area (Å²) in [5, 5.41) is 0. The fraction of sp³-hybridized carbons (Fsp3) is 1.00. The van der Waals surface area contributed by atoms with Crippen molar-refractivity contribution in [1.82, 2.24) is 0 Å². The van der Waals surface area contributed by atoms with Gasteiger partial charge in [0.15, 0.2) is 0 Å². The maximum Gasteiger partial charge on any atom is -0.0358 e. The van der Waals surface area contributed by atoms with E-state index in [-0.39, 0.29) is 0 Å². The van der Waals surface area contributed by atoms with Crippen LogP contribution in [0.1, 0.15) is 52.4 Å². The van der Waals surface area contributed by atoms with E-state index in [0.29, 0.717) is 0 Å². The van der Waals surface area contributed by atoms with Gasteiger partial charge in [-0.05, 0) is 36.5 Å². The van der Waals surface area contributed by atoms with E-state index in [9.17, 15) is 0 Å². The molecule has 0 heterocycles. The molecule has 0 heteroatoms. The maximum absolute atomic E-state index is 2.48. The lowest BCUT2D eigenvalue weighted by molar-refractivity contribution is 0.0672. The zero-order valence-corrected chi connectivity index (χ0v) is 8.55. The Labute approximate surface area is 76.7 Å². The largest absolute Gasteiger partial charge is 0.0622 e. The minimum Gasteiger partial charge on any atom is -0.0622 e. The van der Waals surface area contributed by atoms with Gasteiger partial charge in [-0.3, -0.25) is 0 Å². The van der Waals surface area contributed by atoms with Crippen molar-refractivity contribution < 1.29 is 0 Å². The van der Waals surface area contributed by atoms with Gasteiger partial charge in [-0.1, -0.05) is 39.5 Å². The molecule has 0 N–H and O–H groups in total. The quantitative estimate of drug-likeness (QED) is 0.512. The van der Waals surface area contributed by atoms with Crippen molar-refractivity contribution in [2.24, 2.45) is 23.7 Å². The third-order valence-corrected chi connectivity index (χ3v) is 4.41. The number of rotatable bonds is 0. The molecule has 12 heavy (non-hydrogen) atoms. The molecule has 0 unspecified atom stereocenters. The van der Waals surface area contributed by atoms with E-state index < -0.39 is 0 Å². The molecule has 2 saturated carbocycles. The Bertz CT molecular complexity index is 132. The number of hydrogen-bond acceptors (Lipinski definition) is 0. The van der Waals surface area contributed by atoms with Gasteiger partial charge in [0.05, 0.1) is 0 Å². The second kappa shape index (κ2) is 3.40. The Balaban J connectivity index is 2.05. The van der Waals surface area contributed by atoms with Crippen LogP contribution < -0.4 is 0 Å². The van der Waals surface area contributed by atoms with Gasteiger partial charge in [-0.25, -0.2) is 0 Å². The van der Waals surface area contributed by atoms with E-state index in [1.807, 2.05) is 0 Å². The Morgan fingerprint density at radius 1 is 0.667 bits per heavy atom. The first kappa shape index (κ1) is 8.59. The fourth-order valence-corrected chi connectivity index (χ4v) is 3.56. The first-order valence-electron chi connectivity index (χ1n) is 5.79. The van der Waals surface area contributed by atoms with Gasteiger partial charge in [0.2, 0.25) is 0 Å². The van der Waals surface area contributed by atoms with Gasteiger partial charge in [-0.2, -0.15) is 0 Å². The summed E-state index contributed by atoms with van der Waals surface area (Å²) in [4.78, 5) is 0. The Morgan fingerprint density at radius 2 is 1.08 bits per heavy atom. The van der Waals surface area contributed by atoms with Crippen molar-refractivity contribution in [3.05, 3.63) is 0 Å². The molecular formula is C12H22. The Morgan fingerprint density at radius 3 is 1.50 bits per heavy atom. The molecule has 0 aliphatic heterocycles. The highest BCUT2D eigenvalue weighted by Crippen LogP contribution is 2.46. The monoisotopic (exact) mass is 166 g/mol. The van der Waals surface area contributed by atoms with Crippen molar-refractivity contribution in [1.29, 1.82) is 0 Å². The fourth-order valence-electron chi connectivity index (χ4n) is 3.56. The summed E-state index contributed by atoms with van der Waals surface area (Å²) in [6, 6.07) is 0. The van der Waals surface area contributed by atoms with E-state index in [1.54, 1.807) is 0 Å². The van der Waals surface area contributed by atoms with Crippen LogP contribution in [-0.2, 0) is 0 Å². The molecule has 2 rings (SSSR count). The standard InChI is InChI=1S/C12H22/c1-9-7-8-10(2)12-6-4-3-5-11(9)12/h9-12H,3-8H2,1-2H3/t9-,10+,11-,12-/m1/s1. The molecular weight excluding hydrogens is 144 g/mol. The third kappa shape index (κ3) is 1.41. The predicted molar refractivity (Wildman–Crippen MR) is 53.0 cm³/mol. The Kier molecular flexibility index (Phi) is 2.43. The third-order valence-electron chi connectivity index (χ3n) is 4.41. The van der Waals surface area contributed by atoms with Crippen LogP contribution in [0, 0.1) is 23.7 Å². The number of hydrogen-bond donors (Lipinski definition) is 0. The average Bonchev–Trinajstić information content (AvgIpc) is 2.12. The molecule has 0 aromatic carbocycles. The summed E-state index contributed by atoms with van der Waals surface area (Å²) in [5.74, 6) is 4.27. The molecule has 0 nitrogen and oxygen atoms in total. The molecule has 0 bridgehead atoms. The van der Waals surface area contributed by atoms with E-state index in [4.69, 9.17) is 0 Å². The zero-order valence-electron chi connectivity index (χ0n) is 8.55. The first-order chi connectivity index (χ1) is 5.79. The molecule has 2 aliphatic rings. The van der Waals surface area contributed by atoms with Crippen LogP contribution in [0.5, 0.6) is 0 Å². The molecule has 2 aliphatic carbocycles. The Hall–Kier alpha value is 0. The van der Waals surface area contributed by atoms with Crippen molar-refractivity contribution in [3.8, 4) is 0 Å².